The summed E-state index contributed by atoms with van der Waals surface area (Å²) in [5.74, 6) is 1.58. The van der Waals surface area contributed by atoms with Crippen LogP contribution in [0.3, 0.4) is 0 Å². The van der Waals surface area contributed by atoms with E-state index in [0.29, 0.717) is 5.82 Å². The molecule has 0 aliphatic heterocycles. The van der Waals surface area contributed by atoms with Gasteiger partial charge in [-0.05, 0) is 31.4 Å². The van der Waals surface area contributed by atoms with Crippen LogP contribution in [0.4, 0.5) is 5.82 Å². The maximum Gasteiger partial charge on any atom is 0.145 e. The van der Waals surface area contributed by atoms with Gasteiger partial charge in [-0.2, -0.15) is 5.10 Å². The number of nitrogens with two attached hydrogens (primary N) is 1. The lowest BCUT2D eigenvalue weighted by Crippen LogP contribution is -2.29. The molecule has 0 atom stereocenters. The van der Waals surface area contributed by atoms with Crippen LogP contribution >= 0.6 is 0 Å². The minimum Gasteiger partial charge on any atom is -0.382 e. The maximum absolute atomic E-state index is 5.56. The first-order chi connectivity index (χ1) is 7.28. The van der Waals surface area contributed by atoms with Crippen LogP contribution in [-0.4, -0.2) is 34.3 Å². The topological polar surface area (TPSA) is 47.1 Å². The van der Waals surface area contributed by atoms with Gasteiger partial charge in [-0.1, -0.05) is 6.92 Å². The van der Waals surface area contributed by atoms with Gasteiger partial charge in [0.1, 0.15) is 5.82 Å². The highest BCUT2D eigenvalue weighted by Crippen LogP contribution is 2.29. The lowest BCUT2D eigenvalue weighted by molar-refractivity contribution is 0.261. The molecule has 4 heteroatoms. The van der Waals surface area contributed by atoms with Crippen LogP contribution in [0.25, 0.3) is 0 Å². The molecule has 1 aromatic rings. The Morgan fingerprint density at radius 2 is 2.40 bits per heavy atom. The fourth-order valence-corrected chi connectivity index (χ4v) is 1.79. The van der Waals surface area contributed by atoms with Crippen LogP contribution in [0.15, 0.2) is 12.3 Å². The molecular weight excluding hydrogens is 188 g/mol. The molecule has 0 spiro atoms. The van der Waals surface area contributed by atoms with Crippen molar-refractivity contribution in [2.45, 2.75) is 26.3 Å². The molecule has 1 heterocycles. The van der Waals surface area contributed by atoms with Crippen molar-refractivity contribution in [1.29, 1.82) is 0 Å². The number of nitrogen functional groups attached to an aromatic ring is 1. The second-order valence-corrected chi connectivity index (χ2v) is 4.34. The Morgan fingerprint density at radius 1 is 1.60 bits per heavy atom. The van der Waals surface area contributed by atoms with Gasteiger partial charge in [0.2, 0.25) is 0 Å². The van der Waals surface area contributed by atoms with E-state index in [1.54, 1.807) is 0 Å². The highest BCUT2D eigenvalue weighted by molar-refractivity contribution is 5.23. The van der Waals surface area contributed by atoms with E-state index in [1.165, 1.54) is 19.4 Å². The van der Waals surface area contributed by atoms with Crippen molar-refractivity contribution in [1.82, 2.24) is 14.7 Å². The summed E-state index contributed by atoms with van der Waals surface area (Å²) in [7, 11) is 0. The molecule has 1 aromatic heterocycles. The van der Waals surface area contributed by atoms with Gasteiger partial charge >= 0.3 is 0 Å². The highest BCUT2D eigenvalue weighted by Gasteiger charge is 2.23. The average molecular weight is 208 g/mol. The summed E-state index contributed by atoms with van der Waals surface area (Å²) in [6, 6.07) is 1.84. The number of rotatable bonds is 6. The lowest BCUT2D eigenvalue weighted by atomic mass is 10.3. The van der Waals surface area contributed by atoms with E-state index in [1.807, 2.05) is 16.9 Å². The number of anilines is 1. The van der Waals surface area contributed by atoms with Gasteiger partial charge in [-0.15, -0.1) is 0 Å². The molecule has 0 unspecified atom stereocenters. The van der Waals surface area contributed by atoms with E-state index >= 15 is 0 Å². The molecule has 1 aliphatic carbocycles. The van der Waals surface area contributed by atoms with Crippen LogP contribution in [0.5, 0.6) is 0 Å². The Hall–Kier alpha value is -1.03. The van der Waals surface area contributed by atoms with Crippen molar-refractivity contribution in [2.75, 3.05) is 25.4 Å². The largest absolute Gasteiger partial charge is 0.382 e. The summed E-state index contributed by atoms with van der Waals surface area (Å²) in [5, 5.41) is 4.18. The molecule has 1 saturated carbocycles. The first-order valence-corrected chi connectivity index (χ1v) is 5.79. The zero-order valence-electron chi connectivity index (χ0n) is 9.39. The minimum absolute atomic E-state index is 0.611. The van der Waals surface area contributed by atoms with E-state index < -0.39 is 0 Å². The Kier molecular flexibility index (Phi) is 3.26. The Labute approximate surface area is 91.1 Å². The second kappa shape index (κ2) is 4.66. The monoisotopic (exact) mass is 208 g/mol. The molecule has 1 fully saturated rings. The molecule has 1 aliphatic rings. The molecule has 0 amide bonds. The maximum atomic E-state index is 5.56. The molecule has 2 rings (SSSR count). The van der Waals surface area contributed by atoms with Gasteiger partial charge in [-0.25, -0.2) is 0 Å². The average Bonchev–Trinajstić information content (AvgIpc) is 2.95. The molecule has 0 saturated heterocycles. The van der Waals surface area contributed by atoms with E-state index in [9.17, 15) is 0 Å². The normalized spacial score (nSPS) is 16.1. The first kappa shape index (κ1) is 10.5. The predicted molar refractivity (Wildman–Crippen MR) is 61.5 cm³/mol. The van der Waals surface area contributed by atoms with Crippen LogP contribution in [0.1, 0.15) is 19.8 Å². The van der Waals surface area contributed by atoms with Crippen molar-refractivity contribution in [3.05, 3.63) is 12.3 Å². The van der Waals surface area contributed by atoms with Gasteiger partial charge in [0, 0.05) is 19.3 Å². The van der Waals surface area contributed by atoms with Crippen molar-refractivity contribution in [3.8, 4) is 0 Å². The van der Waals surface area contributed by atoms with Crippen LogP contribution in [0, 0.1) is 5.92 Å². The third kappa shape index (κ3) is 3.23. The zero-order chi connectivity index (χ0) is 10.7. The van der Waals surface area contributed by atoms with Crippen LogP contribution in [0.2, 0.25) is 0 Å². The SMILES string of the molecule is CCN(CCn1ccc(N)n1)CC1CC1. The fraction of sp³-hybridized carbons (Fsp3) is 0.727. The van der Waals surface area contributed by atoms with Crippen molar-refractivity contribution >= 4 is 5.82 Å². The Balaban J connectivity index is 1.74. The van der Waals surface area contributed by atoms with E-state index in [0.717, 1.165) is 25.6 Å². The standard InChI is InChI=1S/C11H20N4/c1-2-14(9-10-3-4-10)7-8-15-6-5-11(12)13-15/h5-6,10H,2-4,7-9H2,1H3,(H2,12,13). The molecule has 0 aromatic carbocycles. The van der Waals surface area contributed by atoms with Crippen molar-refractivity contribution in [2.24, 2.45) is 5.92 Å². The van der Waals surface area contributed by atoms with Gasteiger partial charge in [0.15, 0.2) is 0 Å². The molecule has 15 heavy (non-hydrogen) atoms. The van der Waals surface area contributed by atoms with E-state index in [4.69, 9.17) is 5.73 Å². The molecule has 84 valence electrons. The van der Waals surface area contributed by atoms with Crippen molar-refractivity contribution in [3.63, 3.8) is 0 Å². The molecule has 0 radical (unpaired) electrons. The fourth-order valence-electron chi connectivity index (χ4n) is 1.79. The molecule has 0 bridgehead atoms. The van der Waals surface area contributed by atoms with Gasteiger partial charge in [0.25, 0.3) is 0 Å². The third-order valence-electron chi connectivity index (χ3n) is 2.97. The Morgan fingerprint density at radius 3 is 2.93 bits per heavy atom. The van der Waals surface area contributed by atoms with Crippen molar-refractivity contribution < 1.29 is 0 Å². The van der Waals surface area contributed by atoms with E-state index in [2.05, 4.69) is 16.9 Å². The third-order valence-corrected chi connectivity index (χ3v) is 2.97. The summed E-state index contributed by atoms with van der Waals surface area (Å²) < 4.78 is 1.92. The van der Waals surface area contributed by atoms with Gasteiger partial charge in [-0.3, -0.25) is 4.68 Å². The molecular formula is C11H20N4. The summed E-state index contributed by atoms with van der Waals surface area (Å²) in [5.41, 5.74) is 5.56. The second-order valence-electron chi connectivity index (χ2n) is 4.34. The quantitative estimate of drug-likeness (QED) is 0.764. The number of hydrogen-bond donors (Lipinski definition) is 1. The first-order valence-electron chi connectivity index (χ1n) is 5.79. The summed E-state index contributed by atoms with van der Waals surface area (Å²) in [4.78, 5) is 2.50. The van der Waals surface area contributed by atoms with Gasteiger partial charge in [0.05, 0.1) is 6.54 Å². The number of aromatic nitrogens is 2. The summed E-state index contributed by atoms with van der Waals surface area (Å²) in [6.07, 6.45) is 4.79. The smallest absolute Gasteiger partial charge is 0.145 e. The highest BCUT2D eigenvalue weighted by atomic mass is 15.3. The molecule has 4 nitrogen and oxygen atoms in total. The van der Waals surface area contributed by atoms with Gasteiger partial charge < -0.3 is 10.6 Å². The molecule has 2 N–H and O–H groups in total. The predicted octanol–water partition coefficient (Wildman–Crippen LogP) is 1.20. The summed E-state index contributed by atoms with van der Waals surface area (Å²) in [6.45, 7) is 6.63. The van der Waals surface area contributed by atoms with E-state index in [-0.39, 0.29) is 0 Å². The Bertz CT molecular complexity index is 303. The van der Waals surface area contributed by atoms with Crippen LogP contribution < -0.4 is 5.73 Å². The minimum atomic E-state index is 0.611. The summed E-state index contributed by atoms with van der Waals surface area (Å²) >= 11 is 0. The number of nitrogens with zero attached hydrogens (tertiary/aromatic N) is 3. The lowest BCUT2D eigenvalue weighted by Gasteiger charge is -2.19. The number of likely N-dealkylation sites (N-methyl/N-ethyl adjacent to an activating group) is 1. The zero-order valence-corrected chi connectivity index (χ0v) is 9.39. The number of hydrogen-bond acceptors (Lipinski definition) is 3. The van der Waals surface area contributed by atoms with Crippen LogP contribution in [-0.2, 0) is 6.54 Å².